The van der Waals surface area contributed by atoms with Crippen molar-refractivity contribution in [3.63, 3.8) is 0 Å². The number of carbonyl (C=O) groups excluding carboxylic acids is 1. The lowest BCUT2D eigenvalue weighted by atomic mass is 10.0. The summed E-state index contributed by atoms with van der Waals surface area (Å²) >= 11 is 0. The molecule has 1 aromatic rings. The van der Waals surface area contributed by atoms with Gasteiger partial charge >= 0.3 is 0 Å². The third-order valence-corrected chi connectivity index (χ3v) is 3.94. The number of ether oxygens (including phenoxy) is 1. The number of piperidine rings is 1. The van der Waals surface area contributed by atoms with Crippen molar-refractivity contribution in [2.75, 3.05) is 32.1 Å². The number of benzene rings is 1. The lowest BCUT2D eigenvalue weighted by Crippen LogP contribution is -3.14. The van der Waals surface area contributed by atoms with Gasteiger partial charge in [0.2, 0.25) is 0 Å². The fourth-order valence-electron chi connectivity index (χ4n) is 2.89. The quantitative estimate of drug-likeness (QED) is 0.624. The van der Waals surface area contributed by atoms with Gasteiger partial charge in [0.05, 0.1) is 30.8 Å². The van der Waals surface area contributed by atoms with Gasteiger partial charge in [0.15, 0.2) is 6.54 Å². The SMILES string of the molecule is COc1ccc([N+](=O)[O-])cc1NC(=O)C[NH+]1CCC[C@@H](C)C1. The number of anilines is 1. The molecule has 7 nitrogen and oxygen atoms in total. The monoisotopic (exact) mass is 308 g/mol. The number of nitrogens with zero attached hydrogens (tertiary/aromatic N) is 1. The van der Waals surface area contributed by atoms with Crippen molar-refractivity contribution in [2.24, 2.45) is 5.92 Å². The number of nitrogens with one attached hydrogen (secondary N) is 2. The van der Waals surface area contributed by atoms with E-state index in [1.54, 1.807) is 0 Å². The number of methoxy groups -OCH3 is 1. The lowest BCUT2D eigenvalue weighted by molar-refractivity contribution is -0.900. The second kappa shape index (κ2) is 7.22. The first-order chi connectivity index (χ1) is 10.5. The molecule has 0 aromatic heterocycles. The molecule has 2 N–H and O–H groups in total. The van der Waals surface area contributed by atoms with Gasteiger partial charge in [-0.3, -0.25) is 14.9 Å². The maximum atomic E-state index is 12.2. The molecule has 0 spiro atoms. The predicted octanol–water partition coefficient (Wildman–Crippen LogP) is 0.857. The molecule has 0 bridgehead atoms. The molecule has 1 aliphatic rings. The van der Waals surface area contributed by atoms with Gasteiger partial charge < -0.3 is 15.0 Å². The van der Waals surface area contributed by atoms with Crippen LogP contribution >= 0.6 is 0 Å². The van der Waals surface area contributed by atoms with Crippen molar-refractivity contribution in [2.45, 2.75) is 19.8 Å². The number of amides is 1. The molecular weight excluding hydrogens is 286 g/mol. The Kier molecular flexibility index (Phi) is 5.32. The Balaban J connectivity index is 2.03. The normalized spacial score (nSPS) is 21.2. The number of hydrogen-bond acceptors (Lipinski definition) is 4. The van der Waals surface area contributed by atoms with E-state index in [-0.39, 0.29) is 11.6 Å². The Morgan fingerprint density at radius 1 is 1.55 bits per heavy atom. The van der Waals surface area contributed by atoms with E-state index in [0.717, 1.165) is 19.5 Å². The molecule has 1 amide bonds. The summed E-state index contributed by atoms with van der Waals surface area (Å²) < 4.78 is 5.14. The summed E-state index contributed by atoms with van der Waals surface area (Å²) in [6.45, 7) is 4.54. The standard InChI is InChI=1S/C15H21N3O4/c1-11-4-3-7-17(9-11)10-15(19)16-13-8-12(18(20)21)5-6-14(13)22-2/h5-6,8,11H,3-4,7,9-10H2,1-2H3,(H,16,19)/p+1/t11-/m1/s1. The molecule has 1 unspecified atom stereocenters. The molecule has 1 fully saturated rings. The molecule has 0 saturated carbocycles. The Morgan fingerprint density at radius 3 is 2.95 bits per heavy atom. The van der Waals surface area contributed by atoms with E-state index >= 15 is 0 Å². The summed E-state index contributed by atoms with van der Waals surface area (Å²) in [5, 5.41) is 13.6. The van der Waals surface area contributed by atoms with Crippen LogP contribution < -0.4 is 15.0 Å². The molecule has 7 heteroatoms. The molecule has 22 heavy (non-hydrogen) atoms. The lowest BCUT2D eigenvalue weighted by Gasteiger charge is -2.27. The van der Waals surface area contributed by atoms with E-state index in [1.165, 1.54) is 36.6 Å². The van der Waals surface area contributed by atoms with Crippen LogP contribution in [0.15, 0.2) is 18.2 Å². The summed E-state index contributed by atoms with van der Waals surface area (Å²) in [6, 6.07) is 4.17. The number of quaternary nitrogens is 1. The van der Waals surface area contributed by atoms with Gasteiger partial charge in [-0.1, -0.05) is 6.92 Å². The fraction of sp³-hybridized carbons (Fsp3) is 0.533. The van der Waals surface area contributed by atoms with Crippen LogP contribution in [0.3, 0.4) is 0 Å². The van der Waals surface area contributed by atoms with E-state index in [1.807, 2.05) is 0 Å². The molecule has 0 radical (unpaired) electrons. The Bertz CT molecular complexity index is 562. The van der Waals surface area contributed by atoms with Crippen molar-refractivity contribution in [1.82, 2.24) is 0 Å². The highest BCUT2D eigenvalue weighted by atomic mass is 16.6. The van der Waals surface area contributed by atoms with Gasteiger partial charge in [-0.2, -0.15) is 0 Å². The van der Waals surface area contributed by atoms with Gasteiger partial charge in [0, 0.05) is 18.1 Å². The van der Waals surface area contributed by atoms with E-state index in [4.69, 9.17) is 4.74 Å². The van der Waals surface area contributed by atoms with Crippen molar-refractivity contribution in [3.05, 3.63) is 28.3 Å². The van der Waals surface area contributed by atoms with Crippen LogP contribution in [0.4, 0.5) is 11.4 Å². The molecule has 2 atom stereocenters. The minimum atomic E-state index is -0.493. The zero-order valence-corrected chi connectivity index (χ0v) is 12.9. The number of nitro benzene ring substituents is 1. The summed E-state index contributed by atoms with van der Waals surface area (Å²) in [4.78, 5) is 23.8. The highest BCUT2D eigenvalue weighted by molar-refractivity contribution is 5.93. The predicted molar refractivity (Wildman–Crippen MR) is 82.2 cm³/mol. The molecule has 0 aliphatic carbocycles. The number of non-ortho nitro benzene ring substituents is 1. The number of likely N-dealkylation sites (tertiary alicyclic amines) is 1. The third kappa shape index (κ3) is 4.17. The van der Waals surface area contributed by atoms with Crippen LogP contribution in [0.25, 0.3) is 0 Å². The first kappa shape index (κ1) is 16.2. The van der Waals surface area contributed by atoms with Crippen LogP contribution in [0.1, 0.15) is 19.8 Å². The van der Waals surface area contributed by atoms with Crippen LogP contribution in [0.2, 0.25) is 0 Å². The van der Waals surface area contributed by atoms with Gasteiger partial charge in [-0.15, -0.1) is 0 Å². The molecule has 1 heterocycles. The molecular formula is C15H22N3O4+. The second-order valence-electron chi connectivity index (χ2n) is 5.82. The van der Waals surface area contributed by atoms with Crippen molar-refractivity contribution >= 4 is 17.3 Å². The zero-order valence-electron chi connectivity index (χ0n) is 12.9. The number of nitro groups is 1. The highest BCUT2D eigenvalue weighted by Gasteiger charge is 2.23. The maximum absolute atomic E-state index is 12.2. The largest absolute Gasteiger partial charge is 0.495 e. The first-order valence-corrected chi connectivity index (χ1v) is 7.45. The van der Waals surface area contributed by atoms with Crippen LogP contribution in [0, 0.1) is 16.0 Å². The van der Waals surface area contributed by atoms with Crippen LogP contribution in [-0.4, -0.2) is 37.6 Å². The highest BCUT2D eigenvalue weighted by Crippen LogP contribution is 2.28. The van der Waals surface area contributed by atoms with E-state index in [2.05, 4.69) is 12.2 Å². The molecule has 120 valence electrons. The first-order valence-electron chi connectivity index (χ1n) is 7.45. The van der Waals surface area contributed by atoms with Crippen molar-refractivity contribution in [3.8, 4) is 5.75 Å². The van der Waals surface area contributed by atoms with E-state index < -0.39 is 4.92 Å². The van der Waals surface area contributed by atoms with Crippen LogP contribution in [-0.2, 0) is 4.79 Å². The Hall–Kier alpha value is -2.15. The summed E-state index contributed by atoms with van der Waals surface area (Å²) in [7, 11) is 1.47. The molecule has 1 aromatic carbocycles. The topological polar surface area (TPSA) is 85.9 Å². The Morgan fingerprint density at radius 2 is 2.32 bits per heavy atom. The third-order valence-electron chi connectivity index (χ3n) is 3.94. The molecule has 1 aliphatic heterocycles. The molecule has 1 saturated heterocycles. The van der Waals surface area contributed by atoms with Crippen molar-refractivity contribution < 1.29 is 19.4 Å². The minimum Gasteiger partial charge on any atom is -0.495 e. The minimum absolute atomic E-state index is 0.0740. The average Bonchev–Trinajstić information content (AvgIpc) is 2.47. The van der Waals surface area contributed by atoms with Crippen LogP contribution in [0.5, 0.6) is 5.75 Å². The van der Waals surface area contributed by atoms with Crippen molar-refractivity contribution in [1.29, 1.82) is 0 Å². The zero-order chi connectivity index (χ0) is 16.1. The fourth-order valence-corrected chi connectivity index (χ4v) is 2.89. The second-order valence-corrected chi connectivity index (χ2v) is 5.82. The summed E-state index contributed by atoms with van der Waals surface area (Å²) in [6.07, 6.45) is 2.34. The number of rotatable bonds is 5. The van der Waals surface area contributed by atoms with Gasteiger partial charge in [-0.25, -0.2) is 0 Å². The smallest absolute Gasteiger partial charge is 0.279 e. The van der Waals surface area contributed by atoms with Gasteiger partial charge in [0.25, 0.3) is 11.6 Å². The van der Waals surface area contributed by atoms with E-state index in [0.29, 0.717) is 23.9 Å². The summed E-state index contributed by atoms with van der Waals surface area (Å²) in [5.41, 5.74) is 0.265. The van der Waals surface area contributed by atoms with E-state index in [9.17, 15) is 14.9 Å². The maximum Gasteiger partial charge on any atom is 0.279 e. The summed E-state index contributed by atoms with van der Waals surface area (Å²) in [5.74, 6) is 0.896. The molecule has 2 rings (SSSR count). The van der Waals surface area contributed by atoms with Gasteiger partial charge in [-0.05, 0) is 18.9 Å². The number of hydrogen-bond donors (Lipinski definition) is 2. The van der Waals surface area contributed by atoms with Gasteiger partial charge in [0.1, 0.15) is 5.75 Å². The average molecular weight is 308 g/mol. The number of carbonyl (C=O) groups is 1. The Labute approximate surface area is 129 Å².